The van der Waals surface area contributed by atoms with E-state index in [2.05, 4.69) is 9.88 Å². The molecule has 184 valence electrons. The fourth-order valence-electron chi connectivity index (χ4n) is 5.56. The predicted molar refractivity (Wildman–Crippen MR) is 134 cm³/mol. The zero-order valence-electron chi connectivity index (χ0n) is 19.7. The second kappa shape index (κ2) is 8.95. The summed E-state index contributed by atoms with van der Waals surface area (Å²) >= 11 is 0. The molecule has 0 bridgehead atoms. The van der Waals surface area contributed by atoms with Crippen LogP contribution >= 0.6 is 0 Å². The number of carbonyl (C=O) groups is 1. The zero-order chi connectivity index (χ0) is 24.0. The molecular weight excluding hydrogens is 464 g/mol. The largest absolute Gasteiger partial charge is 0.423 e. The van der Waals surface area contributed by atoms with Crippen molar-refractivity contribution in [3.05, 3.63) is 48.0 Å². The van der Waals surface area contributed by atoms with Gasteiger partial charge in [-0.3, -0.25) is 4.79 Å². The van der Waals surface area contributed by atoms with Gasteiger partial charge in [-0.05, 0) is 68.0 Å². The Hall–Kier alpha value is -2.91. The van der Waals surface area contributed by atoms with E-state index >= 15 is 0 Å². The van der Waals surface area contributed by atoms with Crippen molar-refractivity contribution >= 4 is 38.7 Å². The van der Waals surface area contributed by atoms with Gasteiger partial charge in [-0.25, -0.2) is 8.42 Å². The summed E-state index contributed by atoms with van der Waals surface area (Å²) in [6, 6.07) is 13.6. The van der Waals surface area contributed by atoms with E-state index in [1.807, 2.05) is 35.2 Å². The number of benzene rings is 2. The first-order valence-corrected chi connectivity index (χ1v) is 14.0. The lowest BCUT2D eigenvalue weighted by Gasteiger charge is -2.32. The van der Waals surface area contributed by atoms with Crippen LogP contribution in [0.3, 0.4) is 0 Å². The van der Waals surface area contributed by atoms with Gasteiger partial charge in [0.25, 0.3) is 6.01 Å². The third-order valence-corrected chi connectivity index (χ3v) is 9.46. The molecule has 0 saturated carbocycles. The molecule has 3 aliphatic heterocycles. The number of anilines is 2. The van der Waals surface area contributed by atoms with Crippen LogP contribution in [0.25, 0.3) is 11.1 Å². The van der Waals surface area contributed by atoms with Crippen LogP contribution in [0.5, 0.6) is 0 Å². The number of fused-ring (bicyclic) bond motifs is 2. The van der Waals surface area contributed by atoms with E-state index in [1.165, 1.54) is 0 Å². The SMILES string of the molecule is O=C(C1CCN(c2nc3ccccc3o2)CC1)N1CCc2cc(S(=O)(=O)N3CCCCC3)ccc21. The Morgan fingerprint density at radius 3 is 2.49 bits per heavy atom. The smallest absolute Gasteiger partial charge is 0.298 e. The van der Waals surface area contributed by atoms with Gasteiger partial charge in [0.05, 0.1) is 4.90 Å². The molecule has 4 heterocycles. The highest BCUT2D eigenvalue weighted by atomic mass is 32.2. The van der Waals surface area contributed by atoms with Gasteiger partial charge in [0, 0.05) is 44.3 Å². The Balaban J connectivity index is 1.13. The Bertz CT molecular complexity index is 1320. The van der Waals surface area contributed by atoms with Crippen LogP contribution in [-0.2, 0) is 21.2 Å². The first-order chi connectivity index (χ1) is 17.0. The molecule has 6 rings (SSSR count). The molecule has 0 N–H and O–H groups in total. The first kappa shape index (κ1) is 22.5. The molecule has 2 fully saturated rings. The molecule has 8 nitrogen and oxygen atoms in total. The second-order valence-electron chi connectivity index (χ2n) is 9.72. The number of oxazole rings is 1. The summed E-state index contributed by atoms with van der Waals surface area (Å²) in [7, 11) is -3.47. The van der Waals surface area contributed by atoms with E-state index in [4.69, 9.17) is 4.42 Å². The molecule has 2 saturated heterocycles. The Labute approximate surface area is 205 Å². The number of sulfonamides is 1. The van der Waals surface area contributed by atoms with Gasteiger partial charge in [-0.2, -0.15) is 9.29 Å². The van der Waals surface area contributed by atoms with Gasteiger partial charge >= 0.3 is 0 Å². The number of amides is 1. The first-order valence-electron chi connectivity index (χ1n) is 12.6. The molecule has 0 unspecified atom stereocenters. The highest BCUT2D eigenvalue weighted by Gasteiger charge is 2.34. The molecule has 1 aromatic heterocycles. The summed E-state index contributed by atoms with van der Waals surface area (Å²) in [6.07, 6.45) is 5.08. The van der Waals surface area contributed by atoms with E-state index in [-0.39, 0.29) is 11.8 Å². The number of para-hydroxylation sites is 2. The van der Waals surface area contributed by atoms with Crippen LogP contribution in [0.2, 0.25) is 0 Å². The Kier molecular flexibility index (Phi) is 5.76. The maximum Gasteiger partial charge on any atom is 0.298 e. The number of hydrogen-bond donors (Lipinski definition) is 0. The van der Waals surface area contributed by atoms with Crippen molar-refractivity contribution in [1.82, 2.24) is 9.29 Å². The van der Waals surface area contributed by atoms with Crippen LogP contribution in [0, 0.1) is 5.92 Å². The summed E-state index contributed by atoms with van der Waals surface area (Å²) in [6.45, 7) is 3.22. The van der Waals surface area contributed by atoms with Crippen LogP contribution in [-0.4, -0.2) is 56.3 Å². The summed E-state index contributed by atoms with van der Waals surface area (Å²) in [5.41, 5.74) is 3.42. The third kappa shape index (κ3) is 4.10. The van der Waals surface area contributed by atoms with Crippen LogP contribution in [0.1, 0.15) is 37.7 Å². The van der Waals surface area contributed by atoms with Crippen molar-refractivity contribution < 1.29 is 17.6 Å². The van der Waals surface area contributed by atoms with Crippen molar-refractivity contribution in [1.29, 1.82) is 0 Å². The third-order valence-electron chi connectivity index (χ3n) is 7.56. The van der Waals surface area contributed by atoms with E-state index in [1.54, 1.807) is 16.4 Å². The van der Waals surface area contributed by atoms with Gasteiger partial charge in [0.1, 0.15) is 5.52 Å². The van der Waals surface area contributed by atoms with Crippen molar-refractivity contribution in [2.75, 3.05) is 42.5 Å². The molecule has 0 atom stereocenters. The number of carbonyl (C=O) groups excluding carboxylic acids is 1. The predicted octanol–water partition coefficient (Wildman–Crippen LogP) is 3.81. The topological polar surface area (TPSA) is 87.0 Å². The number of rotatable bonds is 4. The maximum atomic E-state index is 13.4. The molecule has 35 heavy (non-hydrogen) atoms. The number of nitrogens with zero attached hydrogens (tertiary/aromatic N) is 4. The lowest BCUT2D eigenvalue weighted by Crippen LogP contribution is -2.42. The normalized spacial score (nSPS) is 19.9. The Morgan fingerprint density at radius 1 is 0.943 bits per heavy atom. The van der Waals surface area contributed by atoms with Crippen molar-refractivity contribution in [3.8, 4) is 0 Å². The molecule has 0 aliphatic carbocycles. The molecular formula is C26H30N4O4S. The van der Waals surface area contributed by atoms with Crippen molar-refractivity contribution in [2.24, 2.45) is 5.92 Å². The summed E-state index contributed by atoms with van der Waals surface area (Å²) in [4.78, 5) is 22.3. The minimum atomic E-state index is -3.47. The molecule has 2 aromatic carbocycles. The molecule has 0 radical (unpaired) electrons. The number of piperidine rings is 2. The summed E-state index contributed by atoms with van der Waals surface area (Å²) in [5.74, 6) is 0.0749. The maximum absolute atomic E-state index is 13.4. The number of hydrogen-bond acceptors (Lipinski definition) is 6. The summed E-state index contributed by atoms with van der Waals surface area (Å²) in [5, 5.41) is 0. The van der Waals surface area contributed by atoms with Crippen LogP contribution < -0.4 is 9.80 Å². The second-order valence-corrected chi connectivity index (χ2v) is 11.7. The minimum absolute atomic E-state index is 0.0571. The fourth-order valence-corrected chi connectivity index (χ4v) is 7.12. The molecule has 3 aromatic rings. The van der Waals surface area contributed by atoms with E-state index in [0.29, 0.717) is 37.0 Å². The highest BCUT2D eigenvalue weighted by molar-refractivity contribution is 7.89. The number of aromatic nitrogens is 1. The van der Waals surface area contributed by atoms with Crippen molar-refractivity contribution in [3.63, 3.8) is 0 Å². The quantitative estimate of drug-likeness (QED) is 0.548. The zero-order valence-corrected chi connectivity index (χ0v) is 20.5. The van der Waals surface area contributed by atoms with Crippen LogP contribution in [0.15, 0.2) is 51.8 Å². The molecule has 1 amide bonds. The minimum Gasteiger partial charge on any atom is -0.423 e. The molecule has 3 aliphatic rings. The molecule has 0 spiro atoms. The van der Waals surface area contributed by atoms with Gasteiger partial charge in [-0.1, -0.05) is 18.6 Å². The lowest BCUT2D eigenvalue weighted by atomic mass is 9.95. The van der Waals surface area contributed by atoms with Gasteiger partial charge in [0.2, 0.25) is 15.9 Å². The van der Waals surface area contributed by atoms with E-state index in [9.17, 15) is 13.2 Å². The monoisotopic (exact) mass is 494 g/mol. The average molecular weight is 495 g/mol. The standard InChI is InChI=1S/C26H30N4O4S/c31-25(19-10-15-28(16-11-19)26-27-22-6-2-3-7-24(22)34-26)30-17-12-20-18-21(8-9-23(20)30)35(32,33)29-13-4-1-5-14-29/h2-3,6-9,18-19H,1,4-5,10-17H2. The summed E-state index contributed by atoms with van der Waals surface area (Å²) < 4.78 is 33.7. The van der Waals surface area contributed by atoms with Gasteiger partial charge in [-0.15, -0.1) is 0 Å². The van der Waals surface area contributed by atoms with E-state index in [0.717, 1.165) is 67.5 Å². The Morgan fingerprint density at radius 2 is 1.71 bits per heavy atom. The lowest BCUT2D eigenvalue weighted by molar-refractivity contribution is -0.122. The van der Waals surface area contributed by atoms with Gasteiger partial charge in [0.15, 0.2) is 5.58 Å². The molecule has 9 heteroatoms. The highest BCUT2D eigenvalue weighted by Crippen LogP contribution is 2.34. The van der Waals surface area contributed by atoms with E-state index < -0.39 is 10.0 Å². The average Bonchev–Trinajstić information content (AvgIpc) is 3.53. The van der Waals surface area contributed by atoms with Crippen LogP contribution in [0.4, 0.5) is 11.7 Å². The van der Waals surface area contributed by atoms with Gasteiger partial charge < -0.3 is 14.2 Å². The fraction of sp³-hybridized carbons (Fsp3) is 0.462. The van der Waals surface area contributed by atoms with Crippen molar-refractivity contribution in [2.45, 2.75) is 43.4 Å².